The van der Waals surface area contributed by atoms with Gasteiger partial charge in [0, 0.05) is 7.05 Å². The van der Waals surface area contributed by atoms with Crippen molar-refractivity contribution in [1.29, 1.82) is 0 Å². The molecule has 19 heavy (non-hydrogen) atoms. The van der Waals surface area contributed by atoms with Crippen molar-refractivity contribution in [2.45, 2.75) is 32.2 Å². The molecule has 0 aliphatic carbocycles. The lowest BCUT2D eigenvalue weighted by atomic mass is 9.92. The smallest absolute Gasteiger partial charge is 0.161 e. The average molecular weight is 283 g/mol. The molecule has 1 aromatic rings. The predicted molar refractivity (Wildman–Crippen MR) is 80.8 cm³/mol. The third-order valence-electron chi connectivity index (χ3n) is 3.86. The Morgan fingerprint density at radius 3 is 2.89 bits per heavy atom. The first-order valence-corrected chi connectivity index (χ1v) is 8.28. The Balaban J connectivity index is 2.11. The molecule has 0 bridgehead atoms. The van der Waals surface area contributed by atoms with E-state index >= 15 is 0 Å². The van der Waals surface area contributed by atoms with Crippen molar-refractivity contribution in [3.8, 4) is 5.75 Å². The summed E-state index contributed by atoms with van der Waals surface area (Å²) in [5.41, 5.74) is 1.18. The van der Waals surface area contributed by atoms with E-state index in [0.717, 1.165) is 18.2 Å². The van der Waals surface area contributed by atoms with Crippen LogP contribution in [-0.4, -0.2) is 34.9 Å². The average Bonchev–Trinajstić information content (AvgIpc) is 2.80. The summed E-state index contributed by atoms with van der Waals surface area (Å²) in [4.78, 5) is 0. The SMILES string of the molecule is CCNC(CC1CCSCC1)c1c(OC)cnn1C. The van der Waals surface area contributed by atoms with Gasteiger partial charge >= 0.3 is 0 Å². The van der Waals surface area contributed by atoms with Gasteiger partial charge in [0.25, 0.3) is 0 Å². The molecule has 0 amide bonds. The van der Waals surface area contributed by atoms with E-state index in [1.807, 2.05) is 17.9 Å². The zero-order valence-electron chi connectivity index (χ0n) is 12.2. The summed E-state index contributed by atoms with van der Waals surface area (Å²) >= 11 is 2.08. The molecule has 2 heterocycles. The maximum Gasteiger partial charge on any atom is 0.161 e. The number of hydrogen-bond donors (Lipinski definition) is 1. The number of hydrogen-bond acceptors (Lipinski definition) is 4. The van der Waals surface area contributed by atoms with E-state index < -0.39 is 0 Å². The molecule has 108 valence electrons. The Morgan fingerprint density at radius 1 is 1.53 bits per heavy atom. The summed E-state index contributed by atoms with van der Waals surface area (Å²) < 4.78 is 7.40. The first-order chi connectivity index (χ1) is 9.26. The molecule has 2 rings (SSSR count). The molecule has 1 aromatic heterocycles. The molecule has 0 spiro atoms. The largest absolute Gasteiger partial charge is 0.493 e. The topological polar surface area (TPSA) is 39.1 Å². The predicted octanol–water partition coefficient (Wildman–Crippen LogP) is 2.61. The van der Waals surface area contributed by atoms with Gasteiger partial charge in [0.2, 0.25) is 0 Å². The van der Waals surface area contributed by atoms with Gasteiger partial charge in [0.05, 0.1) is 25.0 Å². The molecule has 4 nitrogen and oxygen atoms in total. The molecule has 1 aliphatic rings. The summed E-state index contributed by atoms with van der Waals surface area (Å²) in [6.07, 6.45) is 5.68. The van der Waals surface area contributed by atoms with E-state index in [9.17, 15) is 0 Å². The Bertz CT molecular complexity index is 388. The van der Waals surface area contributed by atoms with Crippen LogP contribution in [0.3, 0.4) is 0 Å². The minimum absolute atomic E-state index is 0.348. The maximum atomic E-state index is 5.46. The van der Waals surface area contributed by atoms with Crippen LogP contribution in [0, 0.1) is 5.92 Å². The molecule has 1 aliphatic heterocycles. The summed E-state index contributed by atoms with van der Waals surface area (Å²) in [7, 11) is 3.72. The fraction of sp³-hybridized carbons (Fsp3) is 0.786. The van der Waals surface area contributed by atoms with Crippen LogP contribution in [0.2, 0.25) is 0 Å². The van der Waals surface area contributed by atoms with E-state index in [1.165, 1.54) is 36.5 Å². The van der Waals surface area contributed by atoms with Crippen molar-refractivity contribution < 1.29 is 4.74 Å². The highest BCUT2D eigenvalue weighted by Gasteiger charge is 2.24. The molecule has 1 N–H and O–H groups in total. The van der Waals surface area contributed by atoms with Gasteiger partial charge in [0.15, 0.2) is 5.75 Å². The van der Waals surface area contributed by atoms with Crippen LogP contribution >= 0.6 is 11.8 Å². The Morgan fingerprint density at radius 2 is 2.26 bits per heavy atom. The van der Waals surface area contributed by atoms with Gasteiger partial charge < -0.3 is 10.1 Å². The third-order valence-corrected chi connectivity index (χ3v) is 4.91. The number of aryl methyl sites for hydroxylation is 1. The van der Waals surface area contributed by atoms with Gasteiger partial charge in [-0.25, -0.2) is 0 Å². The summed E-state index contributed by atoms with van der Waals surface area (Å²) in [5.74, 6) is 4.35. The highest BCUT2D eigenvalue weighted by molar-refractivity contribution is 7.99. The van der Waals surface area contributed by atoms with E-state index in [4.69, 9.17) is 4.74 Å². The number of nitrogens with one attached hydrogen (secondary N) is 1. The highest BCUT2D eigenvalue weighted by Crippen LogP contribution is 2.34. The van der Waals surface area contributed by atoms with E-state index in [2.05, 4.69) is 29.1 Å². The molecule has 1 fully saturated rings. The number of ether oxygens (including phenoxy) is 1. The van der Waals surface area contributed by atoms with Crippen LogP contribution in [0.25, 0.3) is 0 Å². The van der Waals surface area contributed by atoms with Crippen LogP contribution in [-0.2, 0) is 7.05 Å². The summed E-state index contributed by atoms with van der Waals surface area (Å²) in [6, 6.07) is 0.348. The zero-order chi connectivity index (χ0) is 13.7. The van der Waals surface area contributed by atoms with E-state index in [1.54, 1.807) is 7.11 Å². The van der Waals surface area contributed by atoms with Gasteiger partial charge in [0.1, 0.15) is 0 Å². The molecule has 0 saturated carbocycles. The second kappa shape index (κ2) is 7.20. The minimum Gasteiger partial charge on any atom is -0.493 e. The van der Waals surface area contributed by atoms with Gasteiger partial charge in [-0.1, -0.05) is 6.92 Å². The fourth-order valence-corrected chi connectivity index (χ4v) is 4.04. The highest BCUT2D eigenvalue weighted by atomic mass is 32.2. The van der Waals surface area contributed by atoms with Gasteiger partial charge in [-0.05, 0) is 43.2 Å². The molecule has 1 atom stereocenters. The molecule has 0 radical (unpaired) electrons. The number of methoxy groups -OCH3 is 1. The molecule has 0 aromatic carbocycles. The molecular formula is C14H25N3OS. The van der Waals surface area contributed by atoms with Gasteiger partial charge in [-0.3, -0.25) is 4.68 Å². The van der Waals surface area contributed by atoms with E-state index in [-0.39, 0.29) is 0 Å². The van der Waals surface area contributed by atoms with Crippen molar-refractivity contribution >= 4 is 11.8 Å². The monoisotopic (exact) mass is 283 g/mol. The number of rotatable bonds is 6. The second-order valence-corrected chi connectivity index (χ2v) is 6.35. The maximum absolute atomic E-state index is 5.46. The second-order valence-electron chi connectivity index (χ2n) is 5.12. The molecule has 1 unspecified atom stereocenters. The van der Waals surface area contributed by atoms with E-state index in [0.29, 0.717) is 6.04 Å². The van der Waals surface area contributed by atoms with Crippen LogP contribution in [0.1, 0.15) is 37.9 Å². The third kappa shape index (κ3) is 3.66. The Kier molecular flexibility index (Phi) is 5.58. The zero-order valence-corrected chi connectivity index (χ0v) is 13.0. The number of nitrogens with zero attached hydrogens (tertiary/aromatic N) is 2. The molecular weight excluding hydrogens is 258 g/mol. The first-order valence-electron chi connectivity index (χ1n) is 7.13. The van der Waals surface area contributed by atoms with Crippen LogP contribution in [0.5, 0.6) is 5.75 Å². The normalized spacial score (nSPS) is 18.5. The lowest BCUT2D eigenvalue weighted by Gasteiger charge is -2.27. The lowest BCUT2D eigenvalue weighted by molar-refractivity contribution is 0.345. The standard InChI is InChI=1S/C14H25N3OS/c1-4-15-12(9-11-5-7-19-8-6-11)14-13(18-3)10-16-17(14)2/h10-12,15H,4-9H2,1-3H3. The van der Waals surface area contributed by atoms with Crippen LogP contribution in [0.15, 0.2) is 6.20 Å². The summed E-state index contributed by atoms with van der Waals surface area (Å²) in [5, 5.41) is 7.93. The lowest BCUT2D eigenvalue weighted by Crippen LogP contribution is -2.27. The minimum atomic E-state index is 0.348. The van der Waals surface area contributed by atoms with Gasteiger partial charge in [-0.15, -0.1) is 0 Å². The summed E-state index contributed by atoms with van der Waals surface area (Å²) in [6.45, 7) is 3.13. The van der Waals surface area contributed by atoms with Crippen molar-refractivity contribution in [3.63, 3.8) is 0 Å². The van der Waals surface area contributed by atoms with Crippen molar-refractivity contribution in [2.24, 2.45) is 13.0 Å². The Labute approximate surface area is 120 Å². The fourth-order valence-electron chi connectivity index (χ4n) is 2.83. The van der Waals surface area contributed by atoms with Crippen molar-refractivity contribution in [2.75, 3.05) is 25.2 Å². The first kappa shape index (κ1) is 14.7. The molecule has 5 heteroatoms. The van der Waals surface area contributed by atoms with Crippen LogP contribution < -0.4 is 10.1 Å². The number of aromatic nitrogens is 2. The Hall–Kier alpha value is -0.680. The number of thioether (sulfide) groups is 1. The molecule has 1 saturated heterocycles. The van der Waals surface area contributed by atoms with Gasteiger partial charge in [-0.2, -0.15) is 16.9 Å². The van der Waals surface area contributed by atoms with Crippen molar-refractivity contribution in [1.82, 2.24) is 15.1 Å². The van der Waals surface area contributed by atoms with Crippen molar-refractivity contribution in [3.05, 3.63) is 11.9 Å². The van der Waals surface area contributed by atoms with Crippen LogP contribution in [0.4, 0.5) is 0 Å². The quantitative estimate of drug-likeness (QED) is 0.871.